The smallest absolute Gasteiger partial charge is 0.296 e. The van der Waals surface area contributed by atoms with Gasteiger partial charge in [0.15, 0.2) is 0 Å². The number of isocyanates is 2. The predicted molar refractivity (Wildman–Crippen MR) is 43.5 cm³/mol. The van der Waals surface area contributed by atoms with E-state index in [1.807, 2.05) is 0 Å². The van der Waals surface area contributed by atoms with Gasteiger partial charge in [0.05, 0.1) is 22.0 Å². The summed E-state index contributed by atoms with van der Waals surface area (Å²) in [5.41, 5.74) is 0. The van der Waals surface area contributed by atoms with Gasteiger partial charge in [0.1, 0.15) is 0 Å². The minimum Gasteiger partial charge on any atom is -0.296 e. The third kappa shape index (κ3) is 51.2. The van der Waals surface area contributed by atoms with Crippen molar-refractivity contribution in [2.24, 2.45) is 8.80 Å². The maximum Gasteiger partial charge on any atom is 0.549 e. The molecule has 0 radical (unpaired) electrons. The van der Waals surface area contributed by atoms with E-state index in [4.69, 9.17) is 9.46 Å². The van der Waals surface area contributed by atoms with Gasteiger partial charge in [-0.15, -0.1) is 17.2 Å². The molecule has 1 N–H and O–H groups in total. The largest absolute Gasteiger partial charge is 0.549 e. The molecule has 0 rings (SSSR count). The summed E-state index contributed by atoms with van der Waals surface area (Å²) in [5, 5.41) is 0. The average Bonchev–Trinajstić information content (AvgIpc) is 1.95. The van der Waals surface area contributed by atoms with Crippen LogP contribution in [0.2, 0.25) is 0 Å². The lowest BCUT2D eigenvalue weighted by Crippen LogP contribution is -1.45. The third-order valence-corrected chi connectivity index (χ3v) is 1.19. The lowest BCUT2D eigenvalue weighted by molar-refractivity contribution is 0.376. The van der Waals surface area contributed by atoms with Crippen molar-refractivity contribution in [2.45, 2.75) is 0 Å². The highest BCUT2D eigenvalue weighted by Gasteiger charge is 2.09. The minimum atomic E-state index is -5.64. The van der Waals surface area contributed by atoms with Crippen LogP contribution in [0.25, 0.3) is 0 Å². The Morgan fingerprint density at radius 3 is 1.54 bits per heavy atom. The van der Waals surface area contributed by atoms with Crippen LogP contribution in [0.5, 0.6) is 0 Å². The second-order valence-electron chi connectivity index (χ2n) is 0.949. The summed E-state index contributed by atoms with van der Waals surface area (Å²) in [4.78, 5) is 25.3. The normalized spacial score (nSPS) is 8.54. The van der Waals surface area contributed by atoms with E-state index in [2.05, 4.69) is 8.80 Å². The number of nitrogens with zero attached hydrogens (tertiary/aromatic N) is 2. The molecule has 74 valence electrons. The lowest BCUT2D eigenvalue weighted by Gasteiger charge is -1.73. The fourth-order valence-electron chi connectivity index (χ4n) is 0.0638. The zero-order valence-corrected chi connectivity index (χ0v) is 8.11. The molecule has 0 aromatic rings. The molecule has 0 atom stereocenters. The van der Waals surface area contributed by atoms with Crippen molar-refractivity contribution in [3.05, 3.63) is 0 Å². The molecule has 11 heteroatoms. The van der Waals surface area contributed by atoms with Gasteiger partial charge in [-0.3, -0.25) is 4.89 Å². The molecule has 0 saturated carbocycles. The second-order valence-corrected chi connectivity index (χ2v) is 3.38. The van der Waals surface area contributed by atoms with Crippen molar-refractivity contribution < 1.29 is 27.4 Å². The molecule has 0 unspecified atom stereocenters. The van der Waals surface area contributed by atoms with Crippen molar-refractivity contribution >= 4 is 42.1 Å². The van der Waals surface area contributed by atoms with Gasteiger partial charge in [-0.05, 0) is 0 Å². The van der Waals surface area contributed by atoms with Crippen LogP contribution in [0.15, 0.2) is 8.80 Å². The van der Waals surface area contributed by atoms with Gasteiger partial charge in [-0.1, -0.05) is 0 Å². The Balaban J connectivity index is 0. The van der Waals surface area contributed by atoms with E-state index in [0.29, 0.717) is 0 Å². The lowest BCUT2D eigenvalue weighted by atomic mass is 11.7. The second kappa shape index (κ2) is 9.60. The Bertz CT molecular complexity index is 243. The highest BCUT2D eigenvalue weighted by atomic mass is 33.1. The SMILES string of the molecule is O=C=NSSN=C=O.O=P(O)(F)F. The molecule has 0 aromatic carbocycles. The van der Waals surface area contributed by atoms with Crippen LogP contribution in [-0.4, -0.2) is 17.1 Å². The summed E-state index contributed by atoms with van der Waals surface area (Å²) >= 11 is 0. The third-order valence-electron chi connectivity index (χ3n) is 0.182. The molecule has 0 saturated heterocycles. The number of halogens is 2. The van der Waals surface area contributed by atoms with Crippen LogP contribution in [0.4, 0.5) is 8.39 Å². The Morgan fingerprint density at radius 1 is 1.15 bits per heavy atom. The van der Waals surface area contributed by atoms with E-state index in [9.17, 15) is 18.0 Å². The summed E-state index contributed by atoms with van der Waals surface area (Å²) in [6.07, 6.45) is 2.51. The quantitative estimate of drug-likeness (QED) is 0.205. The fraction of sp³-hybridized carbons (Fsp3) is 0. The van der Waals surface area contributed by atoms with Gasteiger partial charge in [0, 0.05) is 0 Å². The molecule has 0 amide bonds. The molecule has 6 nitrogen and oxygen atoms in total. The number of hydrogen-bond acceptors (Lipinski definition) is 7. The van der Waals surface area contributed by atoms with Crippen molar-refractivity contribution in [2.75, 3.05) is 0 Å². The van der Waals surface area contributed by atoms with Crippen LogP contribution >= 0.6 is 30.0 Å². The molecule has 13 heavy (non-hydrogen) atoms. The van der Waals surface area contributed by atoms with Crippen molar-refractivity contribution in [3.63, 3.8) is 0 Å². The number of hydrogen-bond donors (Lipinski definition) is 1. The number of carbonyl (C=O) groups excluding carboxylic acids is 2. The summed E-state index contributed by atoms with van der Waals surface area (Å²) in [6.45, 7) is 0. The summed E-state index contributed by atoms with van der Waals surface area (Å²) in [6, 6.07) is 0. The van der Waals surface area contributed by atoms with E-state index in [0.717, 1.165) is 22.0 Å². The van der Waals surface area contributed by atoms with Gasteiger partial charge in [-0.25, -0.2) is 14.2 Å². The molecule has 0 bridgehead atoms. The van der Waals surface area contributed by atoms with Crippen molar-refractivity contribution in [1.82, 2.24) is 0 Å². The zero-order chi connectivity index (χ0) is 10.7. The topological polar surface area (TPSA) is 96.2 Å². The highest BCUT2D eigenvalue weighted by molar-refractivity contribution is 8.75. The molecule has 0 aliphatic rings. The predicted octanol–water partition coefficient (Wildman–Crippen LogP) is 1.90. The van der Waals surface area contributed by atoms with Crippen LogP contribution in [-0.2, 0) is 14.2 Å². The van der Waals surface area contributed by atoms with Crippen LogP contribution in [0.3, 0.4) is 0 Å². The number of rotatable bonds is 3. The van der Waals surface area contributed by atoms with Gasteiger partial charge >= 0.3 is 7.99 Å². The van der Waals surface area contributed by atoms with Crippen LogP contribution in [0, 0.1) is 0 Å². The van der Waals surface area contributed by atoms with E-state index in [-0.39, 0.29) is 0 Å². The molecule has 0 spiro atoms. The maximum atomic E-state index is 10.1. The molecule has 0 aliphatic carbocycles. The highest BCUT2D eigenvalue weighted by Crippen LogP contribution is 2.43. The Kier molecular flexibility index (Phi) is 11.1. The van der Waals surface area contributed by atoms with E-state index in [1.165, 1.54) is 12.2 Å². The van der Waals surface area contributed by atoms with Crippen LogP contribution in [0.1, 0.15) is 0 Å². The first-order valence-electron chi connectivity index (χ1n) is 2.11. The first-order valence-corrected chi connectivity index (χ1v) is 5.61. The molecule has 0 heterocycles. The standard InChI is InChI=1S/C2N2O2S2.F2HO2P/c5-1-3-7-8-4-2-6;1-5(2,3)4/h;(H,3,4). The first kappa shape index (κ1) is 15.0. The Hall–Kier alpha value is -0.490. The molecular formula is C2HF2N2O4PS2. The van der Waals surface area contributed by atoms with Crippen molar-refractivity contribution in [3.8, 4) is 0 Å². The van der Waals surface area contributed by atoms with E-state index >= 15 is 0 Å². The zero-order valence-electron chi connectivity index (χ0n) is 5.59. The summed E-state index contributed by atoms with van der Waals surface area (Å²) < 4.78 is 34.7. The molecular weight excluding hydrogens is 249 g/mol. The fourth-order valence-corrected chi connectivity index (χ4v) is 0.574. The van der Waals surface area contributed by atoms with Gasteiger partial charge < -0.3 is 0 Å². The van der Waals surface area contributed by atoms with Crippen molar-refractivity contribution in [1.29, 1.82) is 0 Å². The monoisotopic (exact) mass is 250 g/mol. The summed E-state index contributed by atoms with van der Waals surface area (Å²) in [7, 11) is -4.11. The molecule has 0 aliphatic heterocycles. The first-order chi connectivity index (χ1) is 5.91. The van der Waals surface area contributed by atoms with E-state index < -0.39 is 7.99 Å². The minimum absolute atomic E-state index is 0.767. The van der Waals surface area contributed by atoms with Crippen LogP contribution < -0.4 is 0 Å². The Labute approximate surface area is 78.9 Å². The van der Waals surface area contributed by atoms with Gasteiger partial charge in [0.2, 0.25) is 12.2 Å². The Morgan fingerprint density at radius 2 is 1.38 bits per heavy atom. The molecule has 0 aromatic heterocycles. The average molecular weight is 250 g/mol. The molecule has 0 fully saturated rings. The summed E-state index contributed by atoms with van der Waals surface area (Å²) in [5.74, 6) is 0. The van der Waals surface area contributed by atoms with Gasteiger partial charge in [0.25, 0.3) is 0 Å². The van der Waals surface area contributed by atoms with Gasteiger partial charge in [-0.2, -0.15) is 0 Å². The maximum absolute atomic E-state index is 10.1. The van der Waals surface area contributed by atoms with E-state index in [1.54, 1.807) is 0 Å².